The molecule has 1 aromatic heterocycles. The van der Waals surface area contributed by atoms with Crippen LogP contribution in [0.1, 0.15) is 12.5 Å². The van der Waals surface area contributed by atoms with Crippen LogP contribution in [0.2, 0.25) is 0 Å². The van der Waals surface area contributed by atoms with E-state index in [1.54, 1.807) is 0 Å². The SMILES string of the molecule is CCOc1ccc(-n2c(-c3ccccc3)cc(/C=C3/SC(=Nc4ccc(Br)cc4)NC3=O)c2-c2ccccc2)cc1. The Morgan fingerprint density at radius 3 is 2.20 bits per heavy atom. The summed E-state index contributed by atoms with van der Waals surface area (Å²) in [5.74, 6) is 0.657. The van der Waals surface area contributed by atoms with Gasteiger partial charge in [0.15, 0.2) is 5.17 Å². The molecule has 0 atom stereocenters. The first-order valence-electron chi connectivity index (χ1n) is 13.2. The number of amidine groups is 1. The Balaban J connectivity index is 1.50. The van der Waals surface area contributed by atoms with Gasteiger partial charge >= 0.3 is 0 Å². The number of hydrogen-bond acceptors (Lipinski definition) is 4. The number of hydrogen-bond donors (Lipinski definition) is 1. The van der Waals surface area contributed by atoms with Crippen molar-refractivity contribution in [2.75, 3.05) is 6.61 Å². The lowest BCUT2D eigenvalue weighted by atomic mass is 10.1. The minimum Gasteiger partial charge on any atom is -0.494 e. The number of halogens is 1. The quantitative estimate of drug-likeness (QED) is 0.185. The number of carbonyl (C=O) groups is 1. The predicted molar refractivity (Wildman–Crippen MR) is 173 cm³/mol. The largest absolute Gasteiger partial charge is 0.494 e. The smallest absolute Gasteiger partial charge is 0.264 e. The molecular formula is C34H26BrN3O2S. The summed E-state index contributed by atoms with van der Waals surface area (Å²) in [7, 11) is 0. The average molecular weight is 621 g/mol. The van der Waals surface area contributed by atoms with Gasteiger partial charge in [-0.15, -0.1) is 0 Å². The Labute approximate surface area is 251 Å². The molecule has 1 fully saturated rings. The van der Waals surface area contributed by atoms with E-state index in [9.17, 15) is 4.79 Å². The lowest BCUT2D eigenvalue weighted by Crippen LogP contribution is -2.19. The van der Waals surface area contributed by atoms with Crippen molar-refractivity contribution in [3.05, 3.63) is 130 Å². The van der Waals surface area contributed by atoms with E-state index in [2.05, 4.69) is 73.3 Å². The summed E-state index contributed by atoms with van der Waals surface area (Å²) in [6.07, 6.45) is 1.96. The minimum atomic E-state index is -0.167. The van der Waals surface area contributed by atoms with Gasteiger partial charge in [-0.05, 0) is 90.5 Å². The van der Waals surface area contributed by atoms with Crippen LogP contribution in [0.5, 0.6) is 5.75 Å². The van der Waals surface area contributed by atoms with Crippen molar-refractivity contribution in [2.24, 2.45) is 4.99 Å². The molecule has 0 saturated carbocycles. The van der Waals surface area contributed by atoms with Gasteiger partial charge in [0.25, 0.3) is 5.91 Å². The molecule has 0 unspecified atom stereocenters. The van der Waals surface area contributed by atoms with E-state index < -0.39 is 0 Å². The molecule has 4 aromatic carbocycles. The monoisotopic (exact) mass is 619 g/mol. The Morgan fingerprint density at radius 1 is 0.878 bits per heavy atom. The van der Waals surface area contributed by atoms with Crippen LogP contribution in [0, 0.1) is 0 Å². The highest BCUT2D eigenvalue weighted by atomic mass is 79.9. The van der Waals surface area contributed by atoms with Crippen molar-refractivity contribution in [2.45, 2.75) is 6.92 Å². The molecule has 1 N–H and O–H groups in total. The van der Waals surface area contributed by atoms with Crippen LogP contribution in [0.15, 0.2) is 130 Å². The molecule has 41 heavy (non-hydrogen) atoms. The molecule has 0 spiro atoms. The number of rotatable bonds is 7. The second-order valence-corrected chi connectivity index (χ2v) is 11.2. The molecule has 7 heteroatoms. The van der Waals surface area contributed by atoms with Crippen molar-refractivity contribution >= 4 is 50.5 Å². The first-order chi connectivity index (χ1) is 20.1. The van der Waals surface area contributed by atoms with Crippen LogP contribution >= 0.6 is 27.7 Å². The molecule has 6 rings (SSSR count). The van der Waals surface area contributed by atoms with Crippen LogP contribution in [0.3, 0.4) is 0 Å². The Bertz CT molecular complexity index is 1740. The highest BCUT2D eigenvalue weighted by Crippen LogP contribution is 2.39. The van der Waals surface area contributed by atoms with Crippen molar-refractivity contribution in [3.8, 4) is 34.0 Å². The summed E-state index contributed by atoms with van der Waals surface area (Å²) in [6, 6.07) is 38.5. The number of carbonyl (C=O) groups excluding carboxylic acids is 1. The summed E-state index contributed by atoms with van der Waals surface area (Å²) in [5, 5.41) is 3.48. The lowest BCUT2D eigenvalue weighted by Gasteiger charge is -2.16. The van der Waals surface area contributed by atoms with Gasteiger partial charge in [0.05, 0.1) is 28.6 Å². The Morgan fingerprint density at radius 2 is 1.54 bits per heavy atom. The van der Waals surface area contributed by atoms with E-state index in [1.165, 1.54) is 11.8 Å². The second-order valence-electron chi connectivity index (χ2n) is 9.29. The van der Waals surface area contributed by atoms with Crippen LogP contribution in [0.25, 0.3) is 34.3 Å². The summed E-state index contributed by atoms with van der Waals surface area (Å²) in [4.78, 5) is 18.3. The van der Waals surface area contributed by atoms with E-state index in [1.807, 2.05) is 85.8 Å². The molecule has 1 aliphatic rings. The molecular weight excluding hydrogens is 594 g/mol. The zero-order valence-electron chi connectivity index (χ0n) is 22.3. The molecule has 5 aromatic rings. The number of aromatic nitrogens is 1. The number of amides is 1. The van der Waals surface area contributed by atoms with E-state index in [0.717, 1.165) is 49.7 Å². The Hall–Kier alpha value is -4.33. The van der Waals surface area contributed by atoms with Crippen LogP contribution in [-0.2, 0) is 4.79 Å². The number of nitrogens with one attached hydrogen (secondary N) is 1. The fourth-order valence-corrected chi connectivity index (χ4v) is 5.83. The lowest BCUT2D eigenvalue weighted by molar-refractivity contribution is -0.115. The first-order valence-corrected chi connectivity index (χ1v) is 14.8. The maximum absolute atomic E-state index is 13.1. The highest BCUT2D eigenvalue weighted by molar-refractivity contribution is 9.10. The summed E-state index contributed by atoms with van der Waals surface area (Å²) in [6.45, 7) is 2.59. The first kappa shape index (κ1) is 26.9. The fraction of sp³-hybridized carbons (Fsp3) is 0.0588. The standard InChI is InChI=1S/C34H26BrN3O2S/c1-2-40-29-19-17-28(18-20-29)38-30(23-9-5-3-6-10-23)21-25(32(38)24-11-7-4-8-12-24)22-31-33(39)37-34(41-31)36-27-15-13-26(35)14-16-27/h3-22H,2H2,1H3,(H,36,37,39)/b31-22+. The molecule has 2 heterocycles. The predicted octanol–water partition coefficient (Wildman–Crippen LogP) is 8.86. The van der Waals surface area contributed by atoms with E-state index in [0.29, 0.717) is 16.7 Å². The normalized spacial score (nSPS) is 14.9. The van der Waals surface area contributed by atoms with Gasteiger partial charge < -0.3 is 14.6 Å². The number of nitrogens with zero attached hydrogens (tertiary/aromatic N) is 2. The average Bonchev–Trinajstić information content (AvgIpc) is 3.55. The highest BCUT2D eigenvalue weighted by Gasteiger charge is 2.26. The third-order valence-corrected chi connectivity index (χ3v) is 7.99. The molecule has 0 aliphatic carbocycles. The summed E-state index contributed by atoms with van der Waals surface area (Å²) in [5.41, 5.74) is 6.84. The summed E-state index contributed by atoms with van der Waals surface area (Å²) >= 11 is 4.80. The van der Waals surface area contributed by atoms with Crippen molar-refractivity contribution < 1.29 is 9.53 Å². The van der Waals surface area contributed by atoms with Crippen molar-refractivity contribution in [1.82, 2.24) is 9.88 Å². The molecule has 202 valence electrons. The van der Waals surface area contributed by atoms with Gasteiger partial charge in [-0.3, -0.25) is 4.79 Å². The number of thioether (sulfide) groups is 1. The third kappa shape index (κ3) is 5.92. The van der Waals surface area contributed by atoms with E-state index >= 15 is 0 Å². The van der Waals surface area contributed by atoms with Crippen molar-refractivity contribution in [1.29, 1.82) is 0 Å². The van der Waals surface area contributed by atoms with Crippen LogP contribution < -0.4 is 10.1 Å². The fourth-order valence-electron chi connectivity index (χ4n) is 4.73. The maximum Gasteiger partial charge on any atom is 0.264 e. The van der Waals surface area contributed by atoms with Gasteiger partial charge in [0.2, 0.25) is 0 Å². The zero-order valence-corrected chi connectivity index (χ0v) is 24.7. The molecule has 1 amide bonds. The van der Waals surface area contributed by atoms with Gasteiger partial charge in [-0.25, -0.2) is 4.99 Å². The van der Waals surface area contributed by atoms with Gasteiger partial charge in [-0.2, -0.15) is 0 Å². The molecule has 1 saturated heterocycles. The summed E-state index contributed by atoms with van der Waals surface area (Å²) < 4.78 is 8.94. The van der Waals surface area contributed by atoms with Crippen molar-refractivity contribution in [3.63, 3.8) is 0 Å². The molecule has 1 aliphatic heterocycles. The van der Waals surface area contributed by atoms with Gasteiger partial charge in [0.1, 0.15) is 5.75 Å². The van der Waals surface area contributed by atoms with E-state index in [-0.39, 0.29) is 5.91 Å². The molecule has 0 bridgehead atoms. The Kier molecular flexibility index (Phi) is 7.89. The van der Waals surface area contributed by atoms with Gasteiger partial charge in [0, 0.05) is 15.7 Å². The topological polar surface area (TPSA) is 55.6 Å². The maximum atomic E-state index is 13.1. The van der Waals surface area contributed by atoms with Gasteiger partial charge in [-0.1, -0.05) is 76.6 Å². The molecule has 5 nitrogen and oxygen atoms in total. The molecule has 0 radical (unpaired) electrons. The zero-order chi connectivity index (χ0) is 28.2. The minimum absolute atomic E-state index is 0.167. The second kappa shape index (κ2) is 12.0. The number of aliphatic imine (C=N–C) groups is 1. The third-order valence-electron chi connectivity index (χ3n) is 6.55. The number of benzene rings is 4. The van der Waals surface area contributed by atoms with Crippen LogP contribution in [-0.4, -0.2) is 22.2 Å². The number of ether oxygens (including phenoxy) is 1. The van der Waals surface area contributed by atoms with Crippen LogP contribution in [0.4, 0.5) is 5.69 Å². The van der Waals surface area contributed by atoms with E-state index in [4.69, 9.17) is 4.74 Å².